The average Bonchev–Trinajstić information content (AvgIpc) is 3.19. The average molecular weight is 361 g/mol. The molecule has 1 fully saturated rings. The van der Waals surface area contributed by atoms with Crippen LogP contribution in [0.3, 0.4) is 0 Å². The topological polar surface area (TPSA) is 33.3 Å². The molecule has 1 aliphatic rings. The van der Waals surface area contributed by atoms with Crippen LogP contribution in [0, 0.1) is 13.8 Å². The van der Waals surface area contributed by atoms with Crippen molar-refractivity contribution in [2.24, 2.45) is 0 Å². The molecule has 2 N–H and O–H groups in total. The van der Waals surface area contributed by atoms with Crippen LogP contribution < -0.4 is 15.4 Å². The highest BCUT2D eigenvalue weighted by Crippen LogP contribution is 2.27. The predicted molar refractivity (Wildman–Crippen MR) is 112 cm³/mol. The molecule has 0 aliphatic carbocycles. The van der Waals surface area contributed by atoms with E-state index in [2.05, 4.69) is 79.1 Å². The molecule has 140 valence electrons. The lowest BCUT2D eigenvalue weighted by Crippen LogP contribution is -2.30. The first kappa shape index (κ1) is 18.0. The van der Waals surface area contributed by atoms with Crippen molar-refractivity contribution in [1.82, 2.24) is 10.6 Å². The molecule has 3 aromatic carbocycles. The molecule has 0 amide bonds. The molecule has 0 aromatic heterocycles. The lowest BCUT2D eigenvalue weighted by atomic mass is 10.0. The van der Waals surface area contributed by atoms with E-state index in [1.165, 1.54) is 39.4 Å². The minimum absolute atomic E-state index is 0.591. The van der Waals surface area contributed by atoms with E-state index in [0.29, 0.717) is 12.6 Å². The summed E-state index contributed by atoms with van der Waals surface area (Å²) in [6.07, 6.45) is 1.21. The van der Waals surface area contributed by atoms with Gasteiger partial charge in [-0.3, -0.25) is 0 Å². The van der Waals surface area contributed by atoms with E-state index in [0.717, 1.165) is 25.4 Å². The summed E-state index contributed by atoms with van der Waals surface area (Å²) >= 11 is 0. The summed E-state index contributed by atoms with van der Waals surface area (Å²) in [5.41, 5.74) is 4.97. The fourth-order valence-electron chi connectivity index (χ4n) is 4.03. The summed E-state index contributed by atoms with van der Waals surface area (Å²) in [5.74, 6) is 1.01. The van der Waals surface area contributed by atoms with Crippen LogP contribution in [0.2, 0.25) is 0 Å². The number of benzene rings is 3. The van der Waals surface area contributed by atoms with Crippen LogP contribution in [0.15, 0.2) is 54.6 Å². The van der Waals surface area contributed by atoms with Crippen LogP contribution in [0.5, 0.6) is 5.75 Å². The Morgan fingerprint density at radius 1 is 1.04 bits per heavy atom. The molecular formula is C24H28N2O. The number of nitrogens with one attached hydrogen (secondary N) is 2. The van der Waals surface area contributed by atoms with E-state index >= 15 is 0 Å². The Morgan fingerprint density at radius 3 is 2.59 bits per heavy atom. The summed E-state index contributed by atoms with van der Waals surface area (Å²) in [6.45, 7) is 7.99. The first-order chi connectivity index (χ1) is 13.2. The molecule has 3 aromatic rings. The zero-order valence-corrected chi connectivity index (χ0v) is 16.2. The fourth-order valence-corrected chi connectivity index (χ4v) is 4.03. The van der Waals surface area contributed by atoms with E-state index in [-0.39, 0.29) is 0 Å². The highest BCUT2D eigenvalue weighted by atomic mass is 16.5. The summed E-state index contributed by atoms with van der Waals surface area (Å²) in [4.78, 5) is 0. The van der Waals surface area contributed by atoms with Gasteiger partial charge in [0.25, 0.3) is 0 Å². The van der Waals surface area contributed by atoms with Crippen molar-refractivity contribution in [3.63, 3.8) is 0 Å². The Balaban J connectivity index is 1.47. The van der Waals surface area contributed by atoms with E-state index < -0.39 is 0 Å². The van der Waals surface area contributed by atoms with Gasteiger partial charge in [0, 0.05) is 19.1 Å². The van der Waals surface area contributed by atoms with E-state index in [4.69, 9.17) is 4.74 Å². The highest BCUT2D eigenvalue weighted by molar-refractivity contribution is 5.85. The van der Waals surface area contributed by atoms with Gasteiger partial charge in [0.1, 0.15) is 12.4 Å². The standard InChI is InChI=1S/C24H28N2O/c1-17-12-19(14-26-22-10-11-25-15-22)13-18(2)24(17)27-16-21-8-5-7-20-6-3-4-9-23(20)21/h3-9,12-13,22,25-26H,10-11,14-16H2,1-2H3. The molecule has 3 nitrogen and oxygen atoms in total. The van der Waals surface area contributed by atoms with Gasteiger partial charge in [-0.1, -0.05) is 54.6 Å². The minimum atomic E-state index is 0.591. The van der Waals surface area contributed by atoms with Gasteiger partial charge in [0.15, 0.2) is 0 Å². The minimum Gasteiger partial charge on any atom is -0.488 e. The second-order valence-electron chi connectivity index (χ2n) is 7.56. The van der Waals surface area contributed by atoms with E-state index in [1.807, 2.05) is 0 Å². The largest absolute Gasteiger partial charge is 0.488 e. The molecule has 27 heavy (non-hydrogen) atoms. The van der Waals surface area contributed by atoms with E-state index in [1.54, 1.807) is 0 Å². The Labute approximate surface area is 161 Å². The van der Waals surface area contributed by atoms with Gasteiger partial charge >= 0.3 is 0 Å². The second kappa shape index (κ2) is 8.12. The number of fused-ring (bicyclic) bond motifs is 1. The quantitative estimate of drug-likeness (QED) is 0.680. The number of hydrogen-bond donors (Lipinski definition) is 2. The van der Waals surface area contributed by atoms with Crippen LogP contribution in [-0.4, -0.2) is 19.1 Å². The molecule has 1 atom stereocenters. The van der Waals surface area contributed by atoms with Crippen molar-refractivity contribution in [2.45, 2.75) is 39.5 Å². The van der Waals surface area contributed by atoms with Crippen molar-refractivity contribution < 1.29 is 4.74 Å². The lowest BCUT2D eigenvalue weighted by molar-refractivity contribution is 0.303. The predicted octanol–water partition coefficient (Wildman–Crippen LogP) is 4.49. The number of hydrogen-bond acceptors (Lipinski definition) is 3. The number of aryl methyl sites for hydroxylation is 2. The zero-order chi connectivity index (χ0) is 18.6. The normalized spacial score (nSPS) is 16.7. The molecule has 4 rings (SSSR count). The maximum atomic E-state index is 6.26. The Bertz CT molecular complexity index is 900. The van der Waals surface area contributed by atoms with Crippen LogP contribution >= 0.6 is 0 Å². The summed E-state index contributed by atoms with van der Waals surface area (Å²) in [5, 5.41) is 9.57. The number of rotatable bonds is 6. The third-order valence-electron chi connectivity index (χ3n) is 5.43. The van der Waals surface area contributed by atoms with Crippen molar-refractivity contribution >= 4 is 10.8 Å². The maximum Gasteiger partial charge on any atom is 0.125 e. The van der Waals surface area contributed by atoms with Crippen LogP contribution in [0.25, 0.3) is 10.8 Å². The summed E-state index contributed by atoms with van der Waals surface area (Å²) in [6, 6.07) is 20.0. The Hall–Kier alpha value is -2.36. The van der Waals surface area contributed by atoms with Gasteiger partial charge in [-0.2, -0.15) is 0 Å². The smallest absolute Gasteiger partial charge is 0.125 e. The monoisotopic (exact) mass is 360 g/mol. The van der Waals surface area contributed by atoms with Gasteiger partial charge in [-0.05, 0) is 59.8 Å². The fraction of sp³-hybridized carbons (Fsp3) is 0.333. The molecule has 0 bridgehead atoms. The first-order valence-corrected chi connectivity index (χ1v) is 9.84. The third kappa shape index (κ3) is 4.15. The van der Waals surface area contributed by atoms with Crippen LogP contribution in [0.4, 0.5) is 0 Å². The van der Waals surface area contributed by atoms with Gasteiger partial charge in [-0.25, -0.2) is 0 Å². The Kier molecular flexibility index (Phi) is 5.42. The molecule has 0 radical (unpaired) electrons. The van der Waals surface area contributed by atoms with Crippen molar-refractivity contribution in [3.8, 4) is 5.75 Å². The number of ether oxygens (including phenoxy) is 1. The first-order valence-electron chi connectivity index (χ1n) is 9.84. The summed E-state index contributed by atoms with van der Waals surface area (Å²) in [7, 11) is 0. The molecule has 0 spiro atoms. The maximum absolute atomic E-state index is 6.26. The Morgan fingerprint density at radius 2 is 1.81 bits per heavy atom. The van der Waals surface area contributed by atoms with Crippen LogP contribution in [-0.2, 0) is 13.2 Å². The van der Waals surface area contributed by atoms with E-state index in [9.17, 15) is 0 Å². The van der Waals surface area contributed by atoms with Crippen molar-refractivity contribution in [2.75, 3.05) is 13.1 Å². The van der Waals surface area contributed by atoms with Crippen LogP contribution in [0.1, 0.15) is 28.7 Å². The van der Waals surface area contributed by atoms with Gasteiger partial charge in [0.05, 0.1) is 0 Å². The third-order valence-corrected chi connectivity index (χ3v) is 5.43. The van der Waals surface area contributed by atoms with Crippen molar-refractivity contribution in [1.29, 1.82) is 0 Å². The van der Waals surface area contributed by atoms with Gasteiger partial charge in [-0.15, -0.1) is 0 Å². The molecule has 1 unspecified atom stereocenters. The van der Waals surface area contributed by atoms with Gasteiger partial charge < -0.3 is 15.4 Å². The molecule has 0 saturated carbocycles. The molecule has 1 saturated heterocycles. The summed E-state index contributed by atoms with van der Waals surface area (Å²) < 4.78 is 6.26. The zero-order valence-electron chi connectivity index (χ0n) is 16.2. The molecule has 1 aliphatic heterocycles. The highest BCUT2D eigenvalue weighted by Gasteiger charge is 2.14. The molecule has 3 heteroatoms. The van der Waals surface area contributed by atoms with Crippen molar-refractivity contribution in [3.05, 3.63) is 76.9 Å². The SMILES string of the molecule is Cc1cc(CNC2CCNC2)cc(C)c1OCc1cccc2ccccc12. The second-order valence-corrected chi connectivity index (χ2v) is 7.56. The molecular weight excluding hydrogens is 332 g/mol. The molecule has 1 heterocycles. The van der Waals surface area contributed by atoms with Gasteiger partial charge in [0.2, 0.25) is 0 Å². The lowest BCUT2D eigenvalue weighted by Gasteiger charge is -2.16.